The van der Waals surface area contributed by atoms with Crippen LogP contribution >= 0.6 is 0 Å². The normalized spacial score (nSPS) is 19.5. The van der Waals surface area contributed by atoms with E-state index in [0.29, 0.717) is 22.3 Å². The topological polar surface area (TPSA) is 87.7 Å². The third kappa shape index (κ3) is 2.50. The largest absolute Gasteiger partial charge is 0.508 e. The first-order chi connectivity index (χ1) is 12.0. The van der Waals surface area contributed by atoms with Crippen LogP contribution in [-0.2, 0) is 4.79 Å². The minimum atomic E-state index is -0.924. The van der Waals surface area contributed by atoms with Gasteiger partial charge in [-0.05, 0) is 29.8 Å². The summed E-state index contributed by atoms with van der Waals surface area (Å²) >= 11 is 0. The summed E-state index contributed by atoms with van der Waals surface area (Å²) in [5.74, 6) is -1.65. The number of carbonyl (C=O) groups is 1. The van der Waals surface area contributed by atoms with E-state index in [2.05, 4.69) is 0 Å². The molecule has 0 bridgehead atoms. The van der Waals surface area contributed by atoms with Gasteiger partial charge in [0.25, 0.3) is 0 Å². The fourth-order valence-electron chi connectivity index (χ4n) is 3.37. The molecule has 0 saturated carbocycles. The van der Waals surface area contributed by atoms with Gasteiger partial charge in [0.05, 0.1) is 5.92 Å². The lowest BCUT2D eigenvalue weighted by molar-refractivity contribution is -0.140. The van der Waals surface area contributed by atoms with Gasteiger partial charge in [-0.15, -0.1) is 0 Å². The molecule has 2 aliphatic carbocycles. The van der Waals surface area contributed by atoms with Gasteiger partial charge in [0.15, 0.2) is 5.43 Å². The highest BCUT2D eigenvalue weighted by Gasteiger charge is 2.31. The second-order valence-electron chi connectivity index (χ2n) is 6.01. The molecule has 0 spiro atoms. The first-order valence-corrected chi connectivity index (χ1v) is 7.82. The second kappa shape index (κ2) is 5.63. The summed E-state index contributed by atoms with van der Waals surface area (Å²) in [7, 11) is 0. The first-order valence-electron chi connectivity index (χ1n) is 7.82. The predicted octanol–water partition coefficient (Wildman–Crippen LogP) is 3.51. The molecule has 2 N–H and O–H groups in total. The molecule has 0 saturated heterocycles. The molecule has 1 aliphatic heterocycles. The van der Waals surface area contributed by atoms with E-state index in [1.54, 1.807) is 24.3 Å². The van der Waals surface area contributed by atoms with Gasteiger partial charge < -0.3 is 14.6 Å². The maximum atomic E-state index is 11.7. The lowest BCUT2D eigenvalue weighted by Crippen LogP contribution is -2.21. The molecule has 124 valence electrons. The Kier molecular flexibility index (Phi) is 3.42. The highest BCUT2D eigenvalue weighted by molar-refractivity contribution is 5.91. The number of rotatable bonds is 2. The number of benzene rings is 2. The summed E-state index contributed by atoms with van der Waals surface area (Å²) in [6.07, 6.45) is 7.02. The SMILES string of the molecule is O=C(O)C1C=CC=CC1c1c2ccc(=O)cc-2oc2cc(O)ccc12. The maximum absolute atomic E-state index is 11.7. The van der Waals surface area contributed by atoms with Crippen molar-refractivity contribution in [3.05, 3.63) is 76.5 Å². The van der Waals surface area contributed by atoms with Crippen LogP contribution in [0.3, 0.4) is 0 Å². The number of aromatic hydroxyl groups is 1. The van der Waals surface area contributed by atoms with Crippen molar-refractivity contribution in [2.45, 2.75) is 5.92 Å². The van der Waals surface area contributed by atoms with Crippen molar-refractivity contribution in [3.63, 3.8) is 0 Å². The molecule has 5 nitrogen and oxygen atoms in total. The molecule has 2 atom stereocenters. The fraction of sp³-hybridized carbons (Fsp3) is 0.100. The highest BCUT2D eigenvalue weighted by atomic mass is 16.4. The Labute approximate surface area is 142 Å². The monoisotopic (exact) mass is 334 g/mol. The Balaban J connectivity index is 2.09. The van der Waals surface area contributed by atoms with Crippen molar-refractivity contribution < 1.29 is 19.4 Å². The summed E-state index contributed by atoms with van der Waals surface area (Å²) in [6, 6.07) is 9.18. The molecule has 0 amide bonds. The number of carboxylic acid groups (broad SMARTS) is 1. The molecule has 0 fully saturated rings. The van der Waals surface area contributed by atoms with Crippen LogP contribution in [0, 0.1) is 5.92 Å². The Hall–Kier alpha value is -3.34. The van der Waals surface area contributed by atoms with Crippen LogP contribution in [0.25, 0.3) is 22.3 Å². The Morgan fingerprint density at radius 3 is 2.64 bits per heavy atom. The number of allylic oxidation sites excluding steroid dienone is 3. The average molecular weight is 334 g/mol. The van der Waals surface area contributed by atoms with Crippen molar-refractivity contribution in [1.29, 1.82) is 0 Å². The zero-order chi connectivity index (χ0) is 17.6. The van der Waals surface area contributed by atoms with Crippen LogP contribution in [0.1, 0.15) is 11.5 Å². The predicted molar refractivity (Wildman–Crippen MR) is 92.9 cm³/mol. The zero-order valence-corrected chi connectivity index (χ0v) is 13.0. The van der Waals surface area contributed by atoms with Gasteiger partial charge >= 0.3 is 5.97 Å². The van der Waals surface area contributed by atoms with E-state index in [0.717, 1.165) is 5.56 Å². The average Bonchev–Trinajstić information content (AvgIpc) is 2.59. The van der Waals surface area contributed by atoms with E-state index in [9.17, 15) is 19.8 Å². The van der Waals surface area contributed by atoms with E-state index in [1.807, 2.05) is 12.2 Å². The van der Waals surface area contributed by atoms with Gasteiger partial charge in [-0.25, -0.2) is 0 Å². The molecule has 25 heavy (non-hydrogen) atoms. The van der Waals surface area contributed by atoms with Crippen LogP contribution in [0.4, 0.5) is 0 Å². The molecule has 5 heteroatoms. The van der Waals surface area contributed by atoms with Crippen LogP contribution in [0.5, 0.6) is 5.75 Å². The van der Waals surface area contributed by atoms with Crippen molar-refractivity contribution in [1.82, 2.24) is 0 Å². The van der Waals surface area contributed by atoms with Crippen LogP contribution < -0.4 is 5.43 Å². The lowest BCUT2D eigenvalue weighted by atomic mass is 9.79. The van der Waals surface area contributed by atoms with Gasteiger partial charge in [-0.1, -0.05) is 24.3 Å². The quantitative estimate of drug-likeness (QED) is 0.700. The van der Waals surface area contributed by atoms with E-state index in [-0.39, 0.29) is 11.2 Å². The van der Waals surface area contributed by atoms with Crippen molar-refractivity contribution in [2.75, 3.05) is 0 Å². The molecular formula is C20H14O5. The van der Waals surface area contributed by atoms with E-state index >= 15 is 0 Å². The number of hydrogen-bond donors (Lipinski definition) is 2. The van der Waals surface area contributed by atoms with Gasteiger partial charge in [0.2, 0.25) is 0 Å². The standard InChI is InChI=1S/C20H14O5/c21-11-5-7-15-17(9-11)25-18-10-12(22)6-8-16(18)19(15)13-3-1-2-4-14(13)20(23)24/h1-10,13-14,21H,(H,23,24). The van der Waals surface area contributed by atoms with Crippen molar-refractivity contribution in [2.24, 2.45) is 5.92 Å². The van der Waals surface area contributed by atoms with Crippen LogP contribution in [-0.4, -0.2) is 16.2 Å². The minimum Gasteiger partial charge on any atom is -0.508 e. The molecule has 0 aromatic heterocycles. The maximum Gasteiger partial charge on any atom is 0.311 e. The fourth-order valence-corrected chi connectivity index (χ4v) is 3.37. The second-order valence-corrected chi connectivity index (χ2v) is 6.01. The number of phenols is 1. The van der Waals surface area contributed by atoms with Gasteiger partial charge in [0.1, 0.15) is 17.1 Å². The van der Waals surface area contributed by atoms with Crippen molar-refractivity contribution >= 4 is 16.9 Å². The Morgan fingerprint density at radius 1 is 1.04 bits per heavy atom. The number of carboxylic acids is 1. The molecular weight excluding hydrogens is 320 g/mol. The van der Waals surface area contributed by atoms with E-state index in [1.165, 1.54) is 24.3 Å². The van der Waals surface area contributed by atoms with Crippen molar-refractivity contribution in [3.8, 4) is 17.1 Å². The summed E-state index contributed by atoms with van der Waals surface area (Å²) in [4.78, 5) is 23.4. The number of aliphatic carboxylic acids is 1. The molecule has 2 unspecified atom stereocenters. The van der Waals surface area contributed by atoms with E-state index < -0.39 is 17.8 Å². The molecule has 1 heterocycles. The summed E-state index contributed by atoms with van der Waals surface area (Å²) in [5, 5.41) is 20.1. The smallest absolute Gasteiger partial charge is 0.311 e. The third-order valence-corrected chi connectivity index (χ3v) is 4.47. The molecule has 1 aromatic carbocycles. The van der Waals surface area contributed by atoms with E-state index in [4.69, 9.17) is 4.42 Å². The summed E-state index contributed by atoms with van der Waals surface area (Å²) in [6.45, 7) is 0. The van der Waals surface area contributed by atoms with Crippen LogP contribution in [0.2, 0.25) is 0 Å². The highest BCUT2D eigenvalue weighted by Crippen LogP contribution is 2.42. The van der Waals surface area contributed by atoms with Gasteiger partial charge in [0, 0.05) is 29.0 Å². The third-order valence-electron chi connectivity index (χ3n) is 4.47. The molecule has 1 aromatic rings. The lowest BCUT2D eigenvalue weighted by Gasteiger charge is -2.25. The number of fused-ring (bicyclic) bond motifs is 2. The first kappa shape index (κ1) is 15.2. The molecule has 4 rings (SSSR count). The number of phenolic OH excluding ortho intramolecular Hbond substituents is 1. The Bertz CT molecular complexity index is 1070. The summed E-state index contributed by atoms with van der Waals surface area (Å²) < 4.78 is 5.79. The van der Waals surface area contributed by atoms with Gasteiger partial charge in [-0.3, -0.25) is 9.59 Å². The minimum absolute atomic E-state index is 0.0358. The zero-order valence-electron chi connectivity index (χ0n) is 13.0. The summed E-state index contributed by atoms with van der Waals surface area (Å²) in [5.41, 5.74) is 1.66. The number of hydrogen-bond acceptors (Lipinski definition) is 4. The Morgan fingerprint density at radius 2 is 1.84 bits per heavy atom. The van der Waals surface area contributed by atoms with Gasteiger partial charge in [-0.2, -0.15) is 0 Å². The van der Waals surface area contributed by atoms with Crippen LogP contribution in [0.15, 0.2) is 69.9 Å². The molecule has 0 radical (unpaired) electrons. The molecule has 3 aliphatic rings.